The van der Waals surface area contributed by atoms with Crippen molar-refractivity contribution in [2.45, 2.75) is 39.0 Å². The van der Waals surface area contributed by atoms with Crippen molar-refractivity contribution in [1.82, 2.24) is 15.2 Å². The molecule has 0 spiro atoms. The molecule has 1 aromatic heterocycles. The Bertz CT molecular complexity index is 335. The van der Waals surface area contributed by atoms with E-state index in [9.17, 15) is 0 Å². The summed E-state index contributed by atoms with van der Waals surface area (Å²) in [6.45, 7) is 5.31. The van der Waals surface area contributed by atoms with Crippen molar-refractivity contribution in [1.29, 1.82) is 0 Å². The molecule has 1 aromatic rings. The molecule has 0 saturated carbocycles. The topological polar surface area (TPSA) is 53.9 Å². The molecule has 5 nitrogen and oxygen atoms in total. The third-order valence-corrected chi connectivity index (χ3v) is 3.04. The van der Waals surface area contributed by atoms with Gasteiger partial charge in [0, 0.05) is 19.6 Å². The first-order valence-corrected chi connectivity index (χ1v) is 6.58. The summed E-state index contributed by atoms with van der Waals surface area (Å²) in [6, 6.07) is 0. The number of hydrogen-bond donors (Lipinski definition) is 1. The Hall–Kier alpha value is -1.39. The minimum Gasteiger partial charge on any atom is -0.355 e. The lowest BCUT2D eigenvalue weighted by Crippen LogP contribution is -2.20. The highest BCUT2D eigenvalue weighted by molar-refractivity contribution is 5.40. The van der Waals surface area contributed by atoms with Crippen LogP contribution in [0.2, 0.25) is 0 Å². The molecule has 0 aliphatic carbocycles. The van der Waals surface area contributed by atoms with Crippen LogP contribution in [0, 0.1) is 0 Å². The predicted octanol–water partition coefficient (Wildman–Crippen LogP) is 2.07. The van der Waals surface area contributed by atoms with Gasteiger partial charge in [-0.2, -0.15) is 10.1 Å². The molecule has 17 heavy (non-hydrogen) atoms. The molecule has 0 amide bonds. The molecule has 0 unspecified atom stereocenters. The molecule has 1 fully saturated rings. The Morgan fingerprint density at radius 2 is 2.12 bits per heavy atom. The van der Waals surface area contributed by atoms with Gasteiger partial charge in [-0.3, -0.25) is 0 Å². The molecule has 1 saturated heterocycles. The second kappa shape index (κ2) is 6.37. The van der Waals surface area contributed by atoms with Crippen LogP contribution in [-0.4, -0.2) is 34.8 Å². The summed E-state index contributed by atoms with van der Waals surface area (Å²) in [5.74, 6) is 1.61. The Morgan fingerprint density at radius 1 is 1.29 bits per heavy atom. The van der Waals surface area contributed by atoms with Crippen LogP contribution in [0.15, 0.2) is 6.20 Å². The van der Waals surface area contributed by atoms with E-state index in [-0.39, 0.29) is 0 Å². The fourth-order valence-corrected chi connectivity index (χ4v) is 2.04. The van der Waals surface area contributed by atoms with E-state index in [0.29, 0.717) is 5.95 Å². The summed E-state index contributed by atoms with van der Waals surface area (Å²) in [5.41, 5.74) is 0. The van der Waals surface area contributed by atoms with Crippen molar-refractivity contribution >= 4 is 11.8 Å². The van der Waals surface area contributed by atoms with Gasteiger partial charge in [0.15, 0.2) is 5.82 Å². The highest BCUT2D eigenvalue weighted by Crippen LogP contribution is 2.17. The largest absolute Gasteiger partial charge is 0.355 e. The first-order valence-electron chi connectivity index (χ1n) is 6.58. The lowest BCUT2D eigenvalue weighted by molar-refractivity contribution is 0.737. The highest BCUT2D eigenvalue weighted by Gasteiger charge is 2.14. The molecule has 94 valence electrons. The maximum Gasteiger partial charge on any atom is 0.244 e. The second-order valence-corrected chi connectivity index (χ2v) is 4.47. The Kier molecular flexibility index (Phi) is 4.53. The van der Waals surface area contributed by atoms with Crippen molar-refractivity contribution in [3.63, 3.8) is 0 Å². The maximum absolute atomic E-state index is 4.49. The van der Waals surface area contributed by atoms with E-state index in [1.165, 1.54) is 25.7 Å². The van der Waals surface area contributed by atoms with Gasteiger partial charge >= 0.3 is 0 Å². The molecular weight excluding hydrogens is 214 g/mol. The Morgan fingerprint density at radius 3 is 2.88 bits per heavy atom. The van der Waals surface area contributed by atoms with Crippen LogP contribution in [0.3, 0.4) is 0 Å². The van der Waals surface area contributed by atoms with Crippen LogP contribution in [0.5, 0.6) is 0 Å². The van der Waals surface area contributed by atoms with E-state index in [2.05, 4.69) is 32.3 Å². The summed E-state index contributed by atoms with van der Waals surface area (Å²) in [7, 11) is 0. The SMILES string of the molecule is CCCCCNc1nncc(N2CCCC2)n1. The molecule has 0 radical (unpaired) electrons. The molecule has 5 heteroatoms. The third-order valence-electron chi connectivity index (χ3n) is 3.04. The zero-order valence-corrected chi connectivity index (χ0v) is 10.5. The van der Waals surface area contributed by atoms with Crippen LogP contribution in [0.4, 0.5) is 11.8 Å². The highest BCUT2D eigenvalue weighted by atomic mass is 15.3. The van der Waals surface area contributed by atoms with Crippen LogP contribution >= 0.6 is 0 Å². The van der Waals surface area contributed by atoms with Crippen LogP contribution < -0.4 is 10.2 Å². The monoisotopic (exact) mass is 235 g/mol. The summed E-state index contributed by atoms with van der Waals surface area (Å²) in [4.78, 5) is 6.76. The van der Waals surface area contributed by atoms with Crippen molar-refractivity contribution in [3.05, 3.63) is 6.20 Å². The van der Waals surface area contributed by atoms with Crippen molar-refractivity contribution in [3.8, 4) is 0 Å². The van der Waals surface area contributed by atoms with E-state index < -0.39 is 0 Å². The van der Waals surface area contributed by atoms with Gasteiger partial charge in [0.25, 0.3) is 0 Å². The quantitative estimate of drug-likeness (QED) is 0.765. The number of unbranched alkanes of at least 4 members (excludes halogenated alkanes) is 2. The van der Waals surface area contributed by atoms with E-state index in [4.69, 9.17) is 0 Å². The van der Waals surface area contributed by atoms with Gasteiger partial charge in [-0.1, -0.05) is 19.8 Å². The zero-order valence-electron chi connectivity index (χ0n) is 10.5. The van der Waals surface area contributed by atoms with Gasteiger partial charge in [-0.25, -0.2) is 0 Å². The van der Waals surface area contributed by atoms with Gasteiger partial charge in [0.2, 0.25) is 5.95 Å². The fourth-order valence-electron chi connectivity index (χ4n) is 2.04. The summed E-state index contributed by atoms with van der Waals surface area (Å²) < 4.78 is 0. The number of nitrogens with one attached hydrogen (secondary N) is 1. The number of anilines is 2. The van der Waals surface area contributed by atoms with Gasteiger partial charge in [-0.05, 0) is 19.3 Å². The van der Waals surface area contributed by atoms with Gasteiger partial charge in [0.1, 0.15) is 0 Å². The number of rotatable bonds is 6. The minimum atomic E-state index is 0.658. The average molecular weight is 235 g/mol. The van der Waals surface area contributed by atoms with E-state index in [0.717, 1.165) is 31.9 Å². The molecule has 0 bridgehead atoms. The average Bonchev–Trinajstić information content (AvgIpc) is 2.89. The maximum atomic E-state index is 4.49. The minimum absolute atomic E-state index is 0.658. The molecular formula is C12H21N5. The normalized spacial score (nSPS) is 15.2. The lowest BCUT2D eigenvalue weighted by Gasteiger charge is -2.15. The van der Waals surface area contributed by atoms with Crippen LogP contribution in [0.25, 0.3) is 0 Å². The molecule has 2 heterocycles. The molecule has 0 aromatic carbocycles. The number of nitrogens with zero attached hydrogens (tertiary/aromatic N) is 4. The molecule has 1 aliphatic rings. The molecule has 1 N–H and O–H groups in total. The van der Waals surface area contributed by atoms with Crippen molar-refractivity contribution in [2.24, 2.45) is 0 Å². The summed E-state index contributed by atoms with van der Waals surface area (Å²) in [5, 5.41) is 11.3. The van der Waals surface area contributed by atoms with Crippen molar-refractivity contribution < 1.29 is 0 Å². The predicted molar refractivity (Wildman–Crippen MR) is 69.3 cm³/mol. The second-order valence-electron chi connectivity index (χ2n) is 4.47. The third kappa shape index (κ3) is 3.54. The van der Waals surface area contributed by atoms with Gasteiger partial charge in [-0.15, -0.1) is 5.10 Å². The van der Waals surface area contributed by atoms with E-state index in [1.807, 2.05) is 0 Å². The number of aromatic nitrogens is 3. The zero-order chi connectivity index (χ0) is 11.9. The standard InChI is InChI=1S/C12H21N5/c1-2-3-4-7-13-12-15-11(10-14-16-12)17-8-5-6-9-17/h10H,2-9H2,1H3,(H,13,15,16). The first-order chi connectivity index (χ1) is 8.40. The molecule has 2 rings (SSSR count). The Balaban J connectivity index is 1.87. The molecule has 0 atom stereocenters. The van der Waals surface area contributed by atoms with Crippen molar-refractivity contribution in [2.75, 3.05) is 29.9 Å². The van der Waals surface area contributed by atoms with Gasteiger partial charge in [0.05, 0.1) is 6.20 Å². The van der Waals surface area contributed by atoms with E-state index in [1.54, 1.807) is 6.20 Å². The number of hydrogen-bond acceptors (Lipinski definition) is 5. The fraction of sp³-hybridized carbons (Fsp3) is 0.750. The summed E-state index contributed by atoms with van der Waals surface area (Å²) >= 11 is 0. The van der Waals surface area contributed by atoms with Crippen LogP contribution in [-0.2, 0) is 0 Å². The van der Waals surface area contributed by atoms with Crippen LogP contribution in [0.1, 0.15) is 39.0 Å². The first kappa shape index (κ1) is 12.1. The lowest BCUT2D eigenvalue weighted by atomic mass is 10.2. The summed E-state index contributed by atoms with van der Waals surface area (Å²) in [6.07, 6.45) is 7.89. The smallest absolute Gasteiger partial charge is 0.244 e. The van der Waals surface area contributed by atoms with E-state index >= 15 is 0 Å². The molecule has 1 aliphatic heterocycles. The van der Waals surface area contributed by atoms with Gasteiger partial charge < -0.3 is 10.2 Å². The Labute approximate surface area is 103 Å².